The Hall–Kier alpha value is -1.11. The van der Waals surface area contributed by atoms with E-state index in [9.17, 15) is 4.79 Å². The van der Waals surface area contributed by atoms with E-state index in [0.717, 1.165) is 57.8 Å². The third-order valence-corrected chi connectivity index (χ3v) is 5.19. The largest absolute Gasteiger partial charge is 0.339 e. The first-order chi connectivity index (χ1) is 10.6. The summed E-state index contributed by atoms with van der Waals surface area (Å²) in [7, 11) is 3.97. The first kappa shape index (κ1) is 15.8. The molecule has 7 heteroatoms. The quantitative estimate of drug-likeness (QED) is 0.825. The fraction of sp³-hybridized carbons (Fsp3) is 0.733. The number of nitrogens with zero attached hydrogens (tertiary/aromatic N) is 5. The number of carbonyl (C=O) groups excluding carboxylic acids is 1. The van der Waals surface area contributed by atoms with Gasteiger partial charge in [-0.1, -0.05) is 11.6 Å². The second-order valence-electron chi connectivity index (χ2n) is 6.30. The molecule has 6 nitrogen and oxygen atoms in total. The van der Waals surface area contributed by atoms with Gasteiger partial charge in [0.25, 0.3) is 0 Å². The maximum absolute atomic E-state index is 12.6. The fourth-order valence-electron chi connectivity index (χ4n) is 3.39. The van der Waals surface area contributed by atoms with Crippen molar-refractivity contribution in [3.8, 4) is 0 Å². The minimum Gasteiger partial charge on any atom is -0.339 e. The summed E-state index contributed by atoms with van der Waals surface area (Å²) in [4.78, 5) is 19.1. The van der Waals surface area contributed by atoms with E-state index >= 15 is 0 Å². The molecule has 2 aliphatic heterocycles. The molecule has 0 bridgehead atoms. The first-order valence-electron chi connectivity index (χ1n) is 7.94. The van der Waals surface area contributed by atoms with Crippen LogP contribution in [-0.2, 0) is 18.4 Å². The Bertz CT molecular complexity index is 519. The Morgan fingerprint density at radius 2 is 2.00 bits per heavy atom. The van der Waals surface area contributed by atoms with Crippen LogP contribution in [0.3, 0.4) is 0 Å². The first-order valence-corrected chi connectivity index (χ1v) is 8.32. The van der Waals surface area contributed by atoms with Crippen LogP contribution in [0.25, 0.3) is 0 Å². The minimum atomic E-state index is 0.0954. The smallest absolute Gasteiger partial charge is 0.240 e. The highest BCUT2D eigenvalue weighted by Crippen LogP contribution is 2.20. The number of aryl methyl sites for hydroxylation is 1. The molecule has 0 aromatic carbocycles. The molecular formula is C15H24ClN5O. The predicted molar refractivity (Wildman–Crippen MR) is 85.7 cm³/mol. The molecule has 1 atom stereocenters. The normalized spacial score (nSPS) is 24.1. The average Bonchev–Trinajstić information content (AvgIpc) is 3.08. The summed E-state index contributed by atoms with van der Waals surface area (Å²) in [6, 6.07) is 0.0954. The van der Waals surface area contributed by atoms with Gasteiger partial charge in [-0.05, 0) is 26.4 Å². The van der Waals surface area contributed by atoms with E-state index in [1.807, 2.05) is 16.6 Å². The highest BCUT2D eigenvalue weighted by atomic mass is 35.5. The zero-order chi connectivity index (χ0) is 15.7. The van der Waals surface area contributed by atoms with Gasteiger partial charge in [0, 0.05) is 39.8 Å². The number of likely N-dealkylation sites (N-methyl/N-ethyl adjacent to an activating group) is 1. The van der Waals surface area contributed by atoms with Gasteiger partial charge in [0.2, 0.25) is 5.91 Å². The summed E-state index contributed by atoms with van der Waals surface area (Å²) in [5.41, 5.74) is 1.04. The number of piperazine rings is 1. The summed E-state index contributed by atoms with van der Waals surface area (Å²) in [6.45, 7) is 5.22. The highest BCUT2D eigenvalue weighted by molar-refractivity contribution is 6.31. The molecule has 0 N–H and O–H groups in total. The molecular weight excluding hydrogens is 302 g/mol. The van der Waals surface area contributed by atoms with Gasteiger partial charge in [0.1, 0.15) is 0 Å². The molecule has 1 unspecified atom stereocenters. The van der Waals surface area contributed by atoms with Crippen LogP contribution in [0.2, 0.25) is 5.02 Å². The van der Waals surface area contributed by atoms with Crippen molar-refractivity contribution in [2.24, 2.45) is 7.05 Å². The summed E-state index contributed by atoms with van der Waals surface area (Å²) in [5.74, 6) is 0.304. The third kappa shape index (κ3) is 3.14. The summed E-state index contributed by atoms with van der Waals surface area (Å²) in [5, 5.41) is 4.89. The molecule has 1 aromatic heterocycles. The fourth-order valence-corrected chi connectivity index (χ4v) is 3.61. The van der Waals surface area contributed by atoms with Crippen LogP contribution in [0.1, 0.15) is 18.5 Å². The Kier molecular flexibility index (Phi) is 4.70. The van der Waals surface area contributed by atoms with Gasteiger partial charge in [-0.3, -0.25) is 19.3 Å². The SMILES string of the molecule is CN1CCCC1C(=O)N1CCN(Cc2c(Cl)cnn2C)CC1. The summed E-state index contributed by atoms with van der Waals surface area (Å²) in [6.07, 6.45) is 3.82. The summed E-state index contributed by atoms with van der Waals surface area (Å²) >= 11 is 6.17. The van der Waals surface area contributed by atoms with E-state index in [0.29, 0.717) is 10.9 Å². The van der Waals surface area contributed by atoms with Crippen LogP contribution >= 0.6 is 11.6 Å². The number of hydrogen-bond donors (Lipinski definition) is 0. The van der Waals surface area contributed by atoms with Crippen molar-refractivity contribution >= 4 is 17.5 Å². The van der Waals surface area contributed by atoms with E-state index in [2.05, 4.69) is 21.9 Å². The zero-order valence-corrected chi connectivity index (χ0v) is 14.1. The van der Waals surface area contributed by atoms with Crippen LogP contribution in [0.15, 0.2) is 6.20 Å². The number of amides is 1. The van der Waals surface area contributed by atoms with Crippen molar-refractivity contribution in [1.82, 2.24) is 24.5 Å². The van der Waals surface area contributed by atoms with E-state index in [1.54, 1.807) is 6.20 Å². The predicted octanol–water partition coefficient (Wildman–Crippen LogP) is 0.812. The molecule has 0 saturated carbocycles. The van der Waals surface area contributed by atoms with Gasteiger partial charge >= 0.3 is 0 Å². The van der Waals surface area contributed by atoms with Crippen molar-refractivity contribution in [3.05, 3.63) is 16.9 Å². The number of hydrogen-bond acceptors (Lipinski definition) is 4. The lowest BCUT2D eigenvalue weighted by atomic mass is 10.1. The van der Waals surface area contributed by atoms with Crippen molar-refractivity contribution < 1.29 is 4.79 Å². The Labute approximate surface area is 136 Å². The van der Waals surface area contributed by atoms with Gasteiger partial charge in [-0.2, -0.15) is 5.10 Å². The van der Waals surface area contributed by atoms with Crippen LogP contribution < -0.4 is 0 Å². The average molecular weight is 326 g/mol. The van der Waals surface area contributed by atoms with E-state index in [4.69, 9.17) is 11.6 Å². The topological polar surface area (TPSA) is 44.6 Å². The van der Waals surface area contributed by atoms with Crippen LogP contribution in [0.4, 0.5) is 0 Å². The van der Waals surface area contributed by atoms with Crippen molar-refractivity contribution in [2.45, 2.75) is 25.4 Å². The van der Waals surface area contributed by atoms with Gasteiger partial charge < -0.3 is 4.90 Å². The Morgan fingerprint density at radius 3 is 2.55 bits per heavy atom. The van der Waals surface area contributed by atoms with Gasteiger partial charge in [0.05, 0.1) is 23.0 Å². The maximum Gasteiger partial charge on any atom is 0.240 e. The lowest BCUT2D eigenvalue weighted by Crippen LogP contribution is -2.53. The lowest BCUT2D eigenvalue weighted by molar-refractivity contribution is -0.137. The van der Waals surface area contributed by atoms with Crippen molar-refractivity contribution in [1.29, 1.82) is 0 Å². The molecule has 0 aliphatic carbocycles. The number of halogens is 1. The molecule has 1 aromatic rings. The van der Waals surface area contributed by atoms with Crippen LogP contribution in [0, 0.1) is 0 Å². The second-order valence-corrected chi connectivity index (χ2v) is 6.71. The lowest BCUT2D eigenvalue weighted by Gasteiger charge is -2.36. The molecule has 22 heavy (non-hydrogen) atoms. The molecule has 2 saturated heterocycles. The van der Waals surface area contributed by atoms with E-state index in [1.165, 1.54) is 0 Å². The monoisotopic (exact) mass is 325 g/mol. The van der Waals surface area contributed by atoms with E-state index in [-0.39, 0.29) is 6.04 Å². The van der Waals surface area contributed by atoms with Gasteiger partial charge in [-0.25, -0.2) is 0 Å². The third-order valence-electron chi connectivity index (χ3n) is 4.87. The minimum absolute atomic E-state index is 0.0954. The number of aromatic nitrogens is 2. The van der Waals surface area contributed by atoms with Crippen LogP contribution in [-0.4, -0.2) is 76.2 Å². The Morgan fingerprint density at radius 1 is 1.27 bits per heavy atom. The van der Waals surface area contributed by atoms with Crippen LogP contribution in [0.5, 0.6) is 0 Å². The van der Waals surface area contributed by atoms with Crippen molar-refractivity contribution in [2.75, 3.05) is 39.8 Å². The van der Waals surface area contributed by atoms with Gasteiger partial charge in [-0.15, -0.1) is 0 Å². The molecule has 0 spiro atoms. The molecule has 2 aliphatic rings. The molecule has 2 fully saturated rings. The molecule has 0 radical (unpaired) electrons. The van der Waals surface area contributed by atoms with Gasteiger partial charge in [0.15, 0.2) is 0 Å². The maximum atomic E-state index is 12.6. The second kappa shape index (κ2) is 6.56. The van der Waals surface area contributed by atoms with Crippen molar-refractivity contribution in [3.63, 3.8) is 0 Å². The zero-order valence-electron chi connectivity index (χ0n) is 13.3. The summed E-state index contributed by atoms with van der Waals surface area (Å²) < 4.78 is 1.83. The number of carbonyl (C=O) groups is 1. The molecule has 3 heterocycles. The highest BCUT2D eigenvalue weighted by Gasteiger charge is 2.32. The number of likely N-dealkylation sites (tertiary alicyclic amines) is 1. The molecule has 122 valence electrons. The number of rotatable bonds is 3. The standard InChI is InChI=1S/C15H24ClN5O/c1-18-5-3-4-13(18)15(22)21-8-6-20(7-9-21)11-14-12(16)10-17-19(14)2/h10,13H,3-9,11H2,1-2H3. The molecule has 1 amide bonds. The van der Waals surface area contributed by atoms with E-state index < -0.39 is 0 Å². The Balaban J connectivity index is 1.53. The molecule has 3 rings (SSSR count).